The zero-order chi connectivity index (χ0) is 19.5. The molecule has 0 aliphatic rings. The lowest BCUT2D eigenvalue weighted by Gasteiger charge is -2.23. The van der Waals surface area contributed by atoms with Gasteiger partial charge in [-0.3, -0.25) is 4.79 Å². The second-order valence-corrected chi connectivity index (χ2v) is 6.05. The summed E-state index contributed by atoms with van der Waals surface area (Å²) < 4.78 is 10.0. The topological polar surface area (TPSA) is 106 Å². The van der Waals surface area contributed by atoms with Gasteiger partial charge < -0.3 is 25.4 Å². The third-order valence-corrected chi connectivity index (χ3v) is 3.51. The van der Waals surface area contributed by atoms with Crippen LogP contribution in [0.3, 0.4) is 0 Å². The number of hydrogen-bond donors (Lipinski definition) is 3. The minimum atomic E-state index is -0.973. The number of rotatable bonds is 9. The number of anilines is 1. The van der Waals surface area contributed by atoms with E-state index >= 15 is 0 Å². The normalized spacial score (nSPS) is 12.8. The third-order valence-electron chi connectivity index (χ3n) is 3.51. The van der Waals surface area contributed by atoms with Crippen LogP contribution in [-0.4, -0.2) is 50.3 Å². The van der Waals surface area contributed by atoms with Crippen LogP contribution in [0.2, 0.25) is 0 Å². The highest BCUT2D eigenvalue weighted by atomic mass is 16.5. The van der Waals surface area contributed by atoms with Crippen molar-refractivity contribution in [3.63, 3.8) is 0 Å². The number of nitrogens with one attached hydrogen (secondary N) is 3. The molecule has 3 amide bonds. The van der Waals surface area contributed by atoms with Crippen LogP contribution in [0.25, 0.3) is 0 Å². The molecule has 0 aromatic heterocycles. The van der Waals surface area contributed by atoms with Crippen LogP contribution in [0.4, 0.5) is 10.5 Å². The molecule has 0 saturated heterocycles. The lowest BCUT2D eigenvalue weighted by Crippen LogP contribution is -2.49. The van der Waals surface area contributed by atoms with Crippen molar-refractivity contribution < 1.29 is 23.9 Å². The van der Waals surface area contributed by atoms with Gasteiger partial charge in [0.05, 0.1) is 6.61 Å². The summed E-state index contributed by atoms with van der Waals surface area (Å²) in [7, 11) is 1.52. The molecule has 0 heterocycles. The van der Waals surface area contributed by atoms with E-state index < -0.39 is 30.1 Å². The first-order valence-corrected chi connectivity index (χ1v) is 8.44. The maximum Gasteiger partial charge on any atom is 0.329 e. The Balaban J connectivity index is 2.58. The second kappa shape index (κ2) is 11.1. The molecule has 0 saturated carbocycles. The Morgan fingerprint density at radius 1 is 1.08 bits per heavy atom. The van der Waals surface area contributed by atoms with Gasteiger partial charge in [-0.25, -0.2) is 9.59 Å². The van der Waals surface area contributed by atoms with Crippen LogP contribution in [0.1, 0.15) is 20.8 Å². The van der Waals surface area contributed by atoms with Gasteiger partial charge in [0.1, 0.15) is 6.04 Å². The summed E-state index contributed by atoms with van der Waals surface area (Å²) in [6.45, 7) is 5.71. The summed E-state index contributed by atoms with van der Waals surface area (Å²) in [4.78, 5) is 36.3. The van der Waals surface area contributed by atoms with Crippen LogP contribution in [0, 0.1) is 5.92 Å². The van der Waals surface area contributed by atoms with Crippen molar-refractivity contribution in [1.29, 1.82) is 0 Å². The SMILES string of the molecule is COCCNC(=O)[C@@H](C)OC(=O)[C@H](NC(=O)Nc1ccccc1)C(C)C. The van der Waals surface area contributed by atoms with E-state index in [2.05, 4.69) is 16.0 Å². The second-order valence-electron chi connectivity index (χ2n) is 6.05. The van der Waals surface area contributed by atoms with Crippen molar-refractivity contribution in [3.05, 3.63) is 30.3 Å². The lowest BCUT2D eigenvalue weighted by atomic mass is 10.0. The molecule has 1 rings (SSSR count). The van der Waals surface area contributed by atoms with E-state index in [1.165, 1.54) is 14.0 Å². The van der Waals surface area contributed by atoms with Crippen molar-refractivity contribution in [2.45, 2.75) is 32.9 Å². The van der Waals surface area contributed by atoms with Gasteiger partial charge in [-0.1, -0.05) is 32.0 Å². The number of hydrogen-bond acceptors (Lipinski definition) is 5. The van der Waals surface area contributed by atoms with Gasteiger partial charge in [0.25, 0.3) is 5.91 Å². The Hall–Kier alpha value is -2.61. The largest absolute Gasteiger partial charge is 0.451 e. The van der Waals surface area contributed by atoms with Crippen molar-refractivity contribution in [2.75, 3.05) is 25.6 Å². The van der Waals surface area contributed by atoms with Crippen molar-refractivity contribution in [1.82, 2.24) is 10.6 Å². The Morgan fingerprint density at radius 3 is 2.31 bits per heavy atom. The molecule has 0 unspecified atom stereocenters. The Kier molecular flexibility index (Phi) is 9.14. The molecule has 26 heavy (non-hydrogen) atoms. The van der Waals surface area contributed by atoms with Crippen molar-refractivity contribution >= 4 is 23.6 Å². The molecule has 8 heteroatoms. The Morgan fingerprint density at radius 2 is 1.73 bits per heavy atom. The molecule has 0 aliphatic carbocycles. The summed E-state index contributed by atoms with van der Waals surface area (Å²) in [5, 5.41) is 7.82. The predicted molar refractivity (Wildman–Crippen MR) is 97.7 cm³/mol. The van der Waals surface area contributed by atoms with Crippen LogP contribution in [-0.2, 0) is 19.1 Å². The van der Waals surface area contributed by atoms with Gasteiger partial charge in [-0.2, -0.15) is 0 Å². The minimum absolute atomic E-state index is 0.215. The molecular formula is C18H27N3O5. The van der Waals surface area contributed by atoms with Crippen LogP contribution < -0.4 is 16.0 Å². The van der Waals surface area contributed by atoms with Gasteiger partial charge in [0, 0.05) is 19.3 Å². The Labute approximate surface area is 153 Å². The van der Waals surface area contributed by atoms with E-state index in [9.17, 15) is 14.4 Å². The average molecular weight is 365 g/mol. The summed E-state index contributed by atoms with van der Waals surface area (Å²) >= 11 is 0. The highest BCUT2D eigenvalue weighted by Gasteiger charge is 2.28. The number of para-hydroxylation sites is 1. The number of amides is 3. The summed E-state index contributed by atoms with van der Waals surface area (Å²) in [6, 6.07) is 7.46. The summed E-state index contributed by atoms with van der Waals surface area (Å²) in [5.74, 6) is -1.31. The van der Waals surface area contributed by atoms with E-state index in [1.54, 1.807) is 38.1 Å². The fraction of sp³-hybridized carbons (Fsp3) is 0.500. The third kappa shape index (κ3) is 7.52. The fourth-order valence-corrected chi connectivity index (χ4v) is 2.05. The molecule has 0 fully saturated rings. The lowest BCUT2D eigenvalue weighted by molar-refractivity contribution is -0.157. The number of ether oxygens (including phenoxy) is 2. The number of carbonyl (C=O) groups is 3. The Bertz CT molecular complexity index is 592. The van der Waals surface area contributed by atoms with Gasteiger partial charge in [0.15, 0.2) is 6.10 Å². The highest BCUT2D eigenvalue weighted by Crippen LogP contribution is 2.08. The summed E-state index contributed by atoms with van der Waals surface area (Å²) in [6.07, 6.45) is -0.973. The van der Waals surface area contributed by atoms with Gasteiger partial charge in [-0.15, -0.1) is 0 Å². The van der Waals surface area contributed by atoms with Gasteiger partial charge in [-0.05, 0) is 25.0 Å². The minimum Gasteiger partial charge on any atom is -0.451 e. The fourth-order valence-electron chi connectivity index (χ4n) is 2.05. The average Bonchev–Trinajstić information content (AvgIpc) is 2.60. The maximum absolute atomic E-state index is 12.3. The molecule has 0 radical (unpaired) electrons. The molecule has 3 N–H and O–H groups in total. The molecule has 2 atom stereocenters. The number of urea groups is 1. The molecule has 0 spiro atoms. The van der Waals surface area contributed by atoms with E-state index in [1.807, 2.05) is 6.07 Å². The monoisotopic (exact) mass is 365 g/mol. The molecule has 0 aliphatic heterocycles. The van der Waals surface area contributed by atoms with E-state index in [4.69, 9.17) is 9.47 Å². The summed E-state index contributed by atoms with van der Waals surface area (Å²) in [5.41, 5.74) is 0.603. The number of carbonyl (C=O) groups excluding carboxylic acids is 3. The smallest absolute Gasteiger partial charge is 0.329 e. The molecule has 1 aromatic rings. The van der Waals surface area contributed by atoms with Crippen molar-refractivity contribution in [3.8, 4) is 0 Å². The van der Waals surface area contributed by atoms with Crippen molar-refractivity contribution in [2.24, 2.45) is 5.92 Å². The standard InChI is InChI=1S/C18H27N3O5/c1-12(2)15(21-18(24)20-14-8-6-5-7-9-14)17(23)26-13(3)16(22)19-10-11-25-4/h5-9,12-13,15H,10-11H2,1-4H3,(H,19,22)(H2,20,21,24)/t13-,15-/m1/s1. The molecule has 0 bridgehead atoms. The van der Waals surface area contributed by atoms with Crippen LogP contribution >= 0.6 is 0 Å². The van der Waals surface area contributed by atoms with Crippen LogP contribution in [0.5, 0.6) is 0 Å². The van der Waals surface area contributed by atoms with E-state index in [0.29, 0.717) is 18.8 Å². The molecule has 8 nitrogen and oxygen atoms in total. The van der Waals surface area contributed by atoms with Crippen LogP contribution in [0.15, 0.2) is 30.3 Å². The quantitative estimate of drug-likeness (QED) is 0.455. The number of esters is 1. The first kappa shape index (κ1) is 21.4. The predicted octanol–water partition coefficient (Wildman–Crippen LogP) is 1.53. The molecule has 1 aromatic carbocycles. The number of methoxy groups -OCH3 is 1. The van der Waals surface area contributed by atoms with Gasteiger partial charge in [0.2, 0.25) is 0 Å². The zero-order valence-corrected chi connectivity index (χ0v) is 15.6. The molecular weight excluding hydrogens is 338 g/mol. The first-order chi connectivity index (χ1) is 12.3. The first-order valence-electron chi connectivity index (χ1n) is 8.44. The maximum atomic E-state index is 12.3. The zero-order valence-electron chi connectivity index (χ0n) is 15.6. The highest BCUT2D eigenvalue weighted by molar-refractivity contribution is 5.93. The number of benzene rings is 1. The van der Waals surface area contributed by atoms with Gasteiger partial charge >= 0.3 is 12.0 Å². The van der Waals surface area contributed by atoms with E-state index in [0.717, 1.165) is 0 Å². The molecule has 144 valence electrons. The van der Waals surface area contributed by atoms with E-state index in [-0.39, 0.29) is 5.92 Å².